The lowest BCUT2D eigenvalue weighted by molar-refractivity contribution is -0.125. The van der Waals surface area contributed by atoms with E-state index in [4.69, 9.17) is 25.2 Å². The zero-order chi connectivity index (χ0) is 27.2. The summed E-state index contributed by atoms with van der Waals surface area (Å²) in [6.07, 6.45) is -3.60. The maximum Gasteiger partial charge on any atom is 0.330 e. The highest BCUT2D eigenvalue weighted by Gasteiger charge is 2.60. The summed E-state index contributed by atoms with van der Waals surface area (Å²) in [4.78, 5) is 25.9. The molecule has 1 fully saturated rings. The summed E-state index contributed by atoms with van der Waals surface area (Å²) in [7, 11) is -4.82. The van der Waals surface area contributed by atoms with Crippen LogP contribution in [0.4, 0.5) is 8.78 Å². The molecule has 1 aromatic heterocycles. The summed E-state index contributed by atoms with van der Waals surface area (Å²) in [5.74, 6) is -1.08. The minimum atomic E-state index is -2.53. The molecule has 1 aliphatic rings. The smallest absolute Gasteiger partial charge is 0.330 e. The van der Waals surface area contributed by atoms with Gasteiger partial charge in [0.1, 0.15) is 11.7 Å². The van der Waals surface area contributed by atoms with Gasteiger partial charge in [0.25, 0.3) is 5.56 Å². The average Bonchev–Trinajstić information content (AvgIpc) is 2.94. The predicted molar refractivity (Wildman–Crippen MR) is 140 cm³/mol. The van der Waals surface area contributed by atoms with Crippen LogP contribution in [0.3, 0.4) is 0 Å². The maximum absolute atomic E-state index is 16.3. The van der Waals surface area contributed by atoms with Gasteiger partial charge in [-0.05, 0) is 42.7 Å². The van der Waals surface area contributed by atoms with E-state index in [1.54, 1.807) is 0 Å². The van der Waals surface area contributed by atoms with Gasteiger partial charge in [0.05, 0.1) is 12.8 Å². The Bertz CT molecular complexity index is 1020. The molecule has 1 unspecified atom stereocenters. The van der Waals surface area contributed by atoms with Crippen LogP contribution in [-0.4, -0.2) is 56.5 Å². The molecule has 0 spiro atoms. The first-order chi connectivity index (χ1) is 15.7. The van der Waals surface area contributed by atoms with Crippen molar-refractivity contribution in [3.05, 3.63) is 32.9 Å². The summed E-state index contributed by atoms with van der Waals surface area (Å²) in [5, 5.41) is -0.351. The van der Waals surface area contributed by atoms with Gasteiger partial charge >= 0.3 is 5.69 Å². The fourth-order valence-electron chi connectivity index (χ4n) is 3.41. The van der Waals surface area contributed by atoms with Crippen LogP contribution in [0.1, 0.15) is 54.2 Å². The van der Waals surface area contributed by atoms with E-state index in [2.05, 4.69) is 33.9 Å². The second-order valence-corrected chi connectivity index (χ2v) is 22.4. The predicted octanol–water partition coefficient (Wildman–Crippen LogP) is 5.32. The molecule has 4 atom stereocenters. The molecule has 0 amide bonds. The quantitative estimate of drug-likeness (QED) is 0.347. The SMILES string of the molecule is CC(C)(C)[Si](C)(C)OC[C@@]1(CCCl)O[C@@H](n2cc(F)c(=O)[nH]c2=O)[C@@H](F)C1O[Si](C)(C)C(C)(C)C. The second kappa shape index (κ2) is 10.1. The van der Waals surface area contributed by atoms with Crippen LogP contribution in [-0.2, 0) is 13.6 Å². The molecular formula is C23H41ClF2N2O5Si2. The third-order valence-electron chi connectivity index (χ3n) is 7.86. The molecule has 2 rings (SSSR count). The van der Waals surface area contributed by atoms with E-state index in [0.29, 0.717) is 6.20 Å². The number of ether oxygens (including phenoxy) is 1. The van der Waals surface area contributed by atoms with E-state index in [0.717, 1.165) is 4.57 Å². The van der Waals surface area contributed by atoms with Crippen LogP contribution in [0, 0.1) is 5.82 Å². The van der Waals surface area contributed by atoms with Crippen molar-refractivity contribution in [1.82, 2.24) is 9.55 Å². The van der Waals surface area contributed by atoms with Crippen molar-refractivity contribution in [1.29, 1.82) is 0 Å². The monoisotopic (exact) mass is 554 g/mol. The van der Waals surface area contributed by atoms with Crippen LogP contribution >= 0.6 is 11.6 Å². The van der Waals surface area contributed by atoms with E-state index in [-0.39, 0.29) is 29.0 Å². The van der Waals surface area contributed by atoms with E-state index in [1.807, 2.05) is 38.8 Å². The number of nitrogens with one attached hydrogen (secondary N) is 1. The second-order valence-electron chi connectivity index (χ2n) is 12.4. The molecule has 0 aromatic carbocycles. The number of nitrogens with zero attached hydrogens (tertiary/aromatic N) is 1. The molecule has 2 heterocycles. The molecule has 0 aliphatic carbocycles. The molecule has 1 saturated heterocycles. The van der Waals surface area contributed by atoms with Crippen molar-refractivity contribution in [3.8, 4) is 0 Å². The lowest BCUT2D eigenvalue weighted by atomic mass is 9.94. The average molecular weight is 555 g/mol. The van der Waals surface area contributed by atoms with Crippen molar-refractivity contribution in [2.24, 2.45) is 0 Å². The largest absolute Gasteiger partial charge is 0.414 e. The van der Waals surface area contributed by atoms with Crippen LogP contribution in [0.2, 0.25) is 36.3 Å². The molecule has 0 radical (unpaired) electrons. The summed E-state index contributed by atoms with van der Waals surface area (Å²) < 4.78 is 50.4. The summed E-state index contributed by atoms with van der Waals surface area (Å²) >= 11 is 6.19. The highest BCUT2D eigenvalue weighted by atomic mass is 35.5. The van der Waals surface area contributed by atoms with Gasteiger partial charge in [0.15, 0.2) is 29.0 Å². The van der Waals surface area contributed by atoms with Crippen LogP contribution in [0.5, 0.6) is 0 Å². The number of hydrogen-bond donors (Lipinski definition) is 1. The van der Waals surface area contributed by atoms with Crippen molar-refractivity contribution in [2.75, 3.05) is 12.5 Å². The third kappa shape index (κ3) is 6.18. The Morgan fingerprint density at radius 2 is 1.66 bits per heavy atom. The van der Waals surface area contributed by atoms with Gasteiger partial charge in [-0.2, -0.15) is 4.39 Å². The first-order valence-corrected chi connectivity index (χ1v) is 18.2. The number of H-pyrrole nitrogens is 1. The van der Waals surface area contributed by atoms with Crippen molar-refractivity contribution >= 4 is 28.2 Å². The molecular weight excluding hydrogens is 514 g/mol. The summed E-state index contributed by atoms with van der Waals surface area (Å²) in [5.41, 5.74) is -3.47. The highest BCUT2D eigenvalue weighted by molar-refractivity contribution is 6.74. The number of aromatic amines is 1. The number of alkyl halides is 2. The molecule has 1 N–H and O–H groups in total. The normalized spacial score (nSPS) is 26.4. The lowest BCUT2D eigenvalue weighted by Crippen LogP contribution is -2.56. The number of rotatable bonds is 8. The van der Waals surface area contributed by atoms with E-state index >= 15 is 4.39 Å². The van der Waals surface area contributed by atoms with Gasteiger partial charge in [-0.15, -0.1) is 11.6 Å². The maximum atomic E-state index is 16.3. The standard InChI is InChI=1S/C23H41ClF2N2O5Si2/c1-21(2,3)34(7,8)31-14-23(11-12-24)17(33-35(9,10)22(4,5)6)16(26)19(32-23)28-13-15(25)18(29)27-20(28)30/h13,16-17,19H,11-12,14H2,1-10H3,(H,27,29,30)/t16-,17?,19+,23+/m0/s1. The topological polar surface area (TPSA) is 82.5 Å². The molecule has 0 bridgehead atoms. The fraction of sp³-hybridized carbons (Fsp3) is 0.826. The summed E-state index contributed by atoms with van der Waals surface area (Å²) in [6, 6.07) is 0. The number of hydrogen-bond acceptors (Lipinski definition) is 5. The molecule has 1 aliphatic heterocycles. The minimum Gasteiger partial charge on any atom is -0.414 e. The van der Waals surface area contributed by atoms with Gasteiger partial charge in [-0.1, -0.05) is 41.5 Å². The van der Waals surface area contributed by atoms with Gasteiger partial charge in [-0.3, -0.25) is 14.3 Å². The Kier molecular flexibility index (Phi) is 8.79. The van der Waals surface area contributed by atoms with Gasteiger partial charge < -0.3 is 13.6 Å². The molecule has 202 valence electrons. The summed E-state index contributed by atoms with van der Waals surface area (Å²) in [6.45, 7) is 20.6. The zero-order valence-electron chi connectivity index (χ0n) is 22.6. The fourth-order valence-corrected chi connectivity index (χ4v) is 6.10. The van der Waals surface area contributed by atoms with Crippen molar-refractivity contribution < 1.29 is 22.4 Å². The minimum absolute atomic E-state index is 0.00695. The van der Waals surface area contributed by atoms with Gasteiger partial charge in [0.2, 0.25) is 5.82 Å². The third-order valence-corrected chi connectivity index (χ3v) is 17.0. The molecule has 0 saturated carbocycles. The Morgan fingerprint density at radius 1 is 1.11 bits per heavy atom. The van der Waals surface area contributed by atoms with E-state index < -0.39 is 57.8 Å². The molecule has 1 aromatic rings. The van der Waals surface area contributed by atoms with Crippen LogP contribution < -0.4 is 11.2 Å². The zero-order valence-corrected chi connectivity index (χ0v) is 25.3. The number of halogens is 3. The first kappa shape index (κ1) is 30.4. The molecule has 35 heavy (non-hydrogen) atoms. The first-order valence-electron chi connectivity index (χ1n) is 11.9. The highest BCUT2D eigenvalue weighted by Crippen LogP contribution is 2.48. The van der Waals surface area contributed by atoms with E-state index in [9.17, 15) is 14.0 Å². The van der Waals surface area contributed by atoms with Crippen LogP contribution in [0.15, 0.2) is 15.8 Å². The lowest BCUT2D eigenvalue weighted by Gasteiger charge is -2.45. The van der Waals surface area contributed by atoms with Crippen molar-refractivity contribution in [3.63, 3.8) is 0 Å². The Balaban J connectivity index is 2.62. The van der Waals surface area contributed by atoms with Crippen LogP contribution in [0.25, 0.3) is 0 Å². The number of aromatic nitrogens is 2. The van der Waals surface area contributed by atoms with Gasteiger partial charge in [-0.25, -0.2) is 9.18 Å². The molecule has 7 nitrogen and oxygen atoms in total. The van der Waals surface area contributed by atoms with Gasteiger partial charge in [0, 0.05) is 5.88 Å². The Hall–Kier alpha value is -0.856. The molecule has 12 heteroatoms. The van der Waals surface area contributed by atoms with E-state index in [1.165, 1.54) is 0 Å². The van der Waals surface area contributed by atoms with Crippen molar-refractivity contribution in [2.45, 2.75) is 108 Å². The Labute approximate surface area is 213 Å². The Morgan fingerprint density at radius 3 is 2.14 bits per heavy atom.